The van der Waals surface area contributed by atoms with Gasteiger partial charge in [0.15, 0.2) is 0 Å². The summed E-state index contributed by atoms with van der Waals surface area (Å²) in [7, 11) is -8.99. The first-order chi connectivity index (χ1) is 6.33. The van der Waals surface area contributed by atoms with E-state index in [0.29, 0.717) is 6.42 Å². The van der Waals surface area contributed by atoms with Crippen LogP contribution in [-0.2, 0) is 22.5 Å². The van der Waals surface area contributed by atoms with Gasteiger partial charge in [0.1, 0.15) is 0 Å². The van der Waals surface area contributed by atoms with E-state index in [9.17, 15) is 9.13 Å². The Morgan fingerprint density at radius 3 is 2.07 bits per heavy atom. The van der Waals surface area contributed by atoms with Crippen LogP contribution in [0.2, 0.25) is 0 Å². The first-order valence-corrected chi connectivity index (χ1v) is 6.98. The van der Waals surface area contributed by atoms with Gasteiger partial charge in [-0.1, -0.05) is 6.92 Å². The van der Waals surface area contributed by atoms with E-state index >= 15 is 0 Å². The third kappa shape index (κ3) is 6.68. The van der Waals surface area contributed by atoms with Crippen LogP contribution in [0.15, 0.2) is 0 Å². The Kier molecular flexibility index (Phi) is 6.09. The van der Waals surface area contributed by atoms with Crippen LogP contribution in [-0.4, -0.2) is 23.0 Å². The second-order valence-corrected chi connectivity index (χ2v) is 5.32. The SMILES string of the molecule is CCCOP(=O)(OCC)OP(=O)(O)O. The van der Waals surface area contributed by atoms with Crippen LogP contribution in [0.3, 0.4) is 0 Å². The topological polar surface area (TPSA) is 102 Å². The molecule has 0 saturated heterocycles. The molecule has 0 aliphatic carbocycles. The zero-order valence-electron chi connectivity index (χ0n) is 7.95. The van der Waals surface area contributed by atoms with E-state index in [2.05, 4.69) is 13.4 Å². The molecule has 0 spiro atoms. The van der Waals surface area contributed by atoms with Gasteiger partial charge < -0.3 is 9.79 Å². The van der Waals surface area contributed by atoms with Crippen LogP contribution < -0.4 is 0 Å². The van der Waals surface area contributed by atoms with Crippen molar-refractivity contribution >= 4 is 15.6 Å². The van der Waals surface area contributed by atoms with Gasteiger partial charge in [0.05, 0.1) is 13.2 Å². The molecule has 1 unspecified atom stereocenters. The Morgan fingerprint density at radius 1 is 1.14 bits per heavy atom. The number of hydrogen-bond acceptors (Lipinski definition) is 5. The summed E-state index contributed by atoms with van der Waals surface area (Å²) in [6.07, 6.45) is 0.529. The molecule has 0 rings (SSSR count). The molecule has 1 atom stereocenters. The van der Waals surface area contributed by atoms with Crippen molar-refractivity contribution in [2.24, 2.45) is 0 Å². The summed E-state index contributed by atoms with van der Waals surface area (Å²) in [5, 5.41) is 0. The lowest BCUT2D eigenvalue weighted by Crippen LogP contribution is -1.99. The minimum absolute atomic E-state index is 0.0268. The molecule has 0 fully saturated rings. The number of rotatable bonds is 7. The third-order valence-electron chi connectivity index (χ3n) is 0.947. The predicted molar refractivity (Wildman–Crippen MR) is 48.6 cm³/mol. The quantitative estimate of drug-likeness (QED) is 0.660. The molecule has 86 valence electrons. The van der Waals surface area contributed by atoms with Gasteiger partial charge in [0, 0.05) is 0 Å². The van der Waals surface area contributed by atoms with Gasteiger partial charge in [-0.2, -0.15) is 4.31 Å². The second-order valence-electron chi connectivity index (χ2n) is 2.27. The van der Waals surface area contributed by atoms with Gasteiger partial charge in [0.25, 0.3) is 0 Å². The highest BCUT2D eigenvalue weighted by Gasteiger charge is 2.35. The molecule has 0 aromatic rings. The Hall–Kier alpha value is 0.260. The average Bonchev–Trinajstić information content (AvgIpc) is 1.98. The van der Waals surface area contributed by atoms with Crippen molar-refractivity contribution in [2.45, 2.75) is 20.3 Å². The molecular weight excluding hydrogens is 234 g/mol. The second kappa shape index (κ2) is 5.98. The fraction of sp³-hybridized carbons (Fsp3) is 1.00. The molecule has 0 heterocycles. The van der Waals surface area contributed by atoms with Crippen LogP contribution in [0, 0.1) is 0 Å². The minimum atomic E-state index is -4.87. The molecule has 0 aromatic heterocycles. The van der Waals surface area contributed by atoms with E-state index in [4.69, 9.17) is 9.79 Å². The Balaban J connectivity index is 4.39. The number of hydrogen-bond donors (Lipinski definition) is 2. The van der Waals surface area contributed by atoms with E-state index < -0.39 is 15.6 Å². The maximum Gasteiger partial charge on any atom is 0.483 e. The van der Waals surface area contributed by atoms with Crippen LogP contribution in [0.25, 0.3) is 0 Å². The minimum Gasteiger partial charge on any atom is -0.302 e. The summed E-state index contributed by atoms with van der Waals surface area (Å²) in [6, 6.07) is 0. The number of phosphoric acid groups is 2. The lowest BCUT2D eigenvalue weighted by atomic mass is 10.5. The smallest absolute Gasteiger partial charge is 0.302 e. The molecule has 7 nitrogen and oxygen atoms in total. The summed E-state index contributed by atoms with van der Waals surface area (Å²) < 4.78 is 34.9. The fourth-order valence-corrected chi connectivity index (χ4v) is 2.79. The maximum atomic E-state index is 11.4. The predicted octanol–water partition coefficient (Wildman–Crippen LogP) is 1.67. The molecule has 0 amide bonds. The average molecular weight is 248 g/mol. The zero-order chi connectivity index (χ0) is 11.2. The van der Waals surface area contributed by atoms with Crippen molar-refractivity contribution < 1.29 is 32.3 Å². The molecule has 0 aliphatic heterocycles. The summed E-state index contributed by atoms with van der Waals surface area (Å²) >= 11 is 0. The summed E-state index contributed by atoms with van der Waals surface area (Å²) in [5.41, 5.74) is 0. The molecule has 0 bridgehead atoms. The lowest BCUT2D eigenvalue weighted by molar-refractivity contribution is 0.144. The van der Waals surface area contributed by atoms with Crippen LogP contribution >= 0.6 is 15.6 Å². The molecule has 0 aromatic carbocycles. The normalized spacial score (nSPS) is 16.6. The van der Waals surface area contributed by atoms with Crippen LogP contribution in [0.1, 0.15) is 20.3 Å². The first kappa shape index (κ1) is 14.3. The van der Waals surface area contributed by atoms with Gasteiger partial charge in [-0.15, -0.1) is 0 Å². The molecule has 9 heteroatoms. The highest BCUT2D eigenvalue weighted by atomic mass is 31.3. The van der Waals surface area contributed by atoms with Gasteiger partial charge in [-0.3, -0.25) is 9.05 Å². The summed E-state index contributed by atoms with van der Waals surface area (Å²) in [4.78, 5) is 16.9. The van der Waals surface area contributed by atoms with E-state index in [1.54, 1.807) is 6.92 Å². The van der Waals surface area contributed by atoms with Crippen molar-refractivity contribution in [2.75, 3.05) is 13.2 Å². The standard InChI is InChI=1S/C5H14O7P2/c1-3-5-11-14(9,10-4-2)12-13(6,7)8/h3-5H2,1-2H3,(H2,6,7,8). The van der Waals surface area contributed by atoms with Crippen molar-refractivity contribution in [1.29, 1.82) is 0 Å². The molecule has 0 saturated carbocycles. The lowest BCUT2D eigenvalue weighted by Gasteiger charge is -2.16. The maximum absolute atomic E-state index is 11.4. The van der Waals surface area contributed by atoms with E-state index in [0.717, 1.165) is 0 Å². The summed E-state index contributed by atoms with van der Waals surface area (Å²) in [5.74, 6) is 0. The third-order valence-corrected chi connectivity index (χ3v) is 3.67. The van der Waals surface area contributed by atoms with Crippen LogP contribution in [0.4, 0.5) is 0 Å². The molecule has 2 N–H and O–H groups in total. The summed E-state index contributed by atoms with van der Waals surface area (Å²) in [6.45, 7) is 3.26. The highest BCUT2D eigenvalue weighted by molar-refractivity contribution is 7.61. The van der Waals surface area contributed by atoms with Gasteiger partial charge in [0.2, 0.25) is 0 Å². The fourth-order valence-electron chi connectivity index (χ4n) is 0.576. The van der Waals surface area contributed by atoms with E-state index in [-0.39, 0.29) is 13.2 Å². The van der Waals surface area contributed by atoms with Gasteiger partial charge >= 0.3 is 15.6 Å². The van der Waals surface area contributed by atoms with Gasteiger partial charge in [-0.05, 0) is 13.3 Å². The van der Waals surface area contributed by atoms with Crippen molar-refractivity contribution in [3.8, 4) is 0 Å². The van der Waals surface area contributed by atoms with E-state index in [1.165, 1.54) is 6.92 Å². The van der Waals surface area contributed by atoms with Gasteiger partial charge in [-0.25, -0.2) is 9.13 Å². The molecule has 0 aliphatic rings. The molecule has 0 radical (unpaired) electrons. The first-order valence-electron chi connectivity index (χ1n) is 3.99. The molecular formula is C5H14O7P2. The van der Waals surface area contributed by atoms with Crippen molar-refractivity contribution in [1.82, 2.24) is 0 Å². The molecule has 14 heavy (non-hydrogen) atoms. The van der Waals surface area contributed by atoms with Crippen molar-refractivity contribution in [3.63, 3.8) is 0 Å². The number of phosphoric ester groups is 1. The van der Waals surface area contributed by atoms with Crippen LogP contribution in [0.5, 0.6) is 0 Å². The largest absolute Gasteiger partial charge is 0.483 e. The Labute approximate surface area is 82.2 Å². The Bertz CT molecular complexity index is 246. The van der Waals surface area contributed by atoms with Crippen molar-refractivity contribution in [3.05, 3.63) is 0 Å². The van der Waals surface area contributed by atoms with E-state index in [1.807, 2.05) is 0 Å². The monoisotopic (exact) mass is 248 g/mol. The zero-order valence-corrected chi connectivity index (χ0v) is 9.74. The Morgan fingerprint density at radius 2 is 1.71 bits per heavy atom. The highest BCUT2D eigenvalue weighted by Crippen LogP contribution is 2.61.